The van der Waals surface area contributed by atoms with Crippen molar-refractivity contribution in [3.05, 3.63) is 23.8 Å². The molecule has 2 aliphatic heterocycles. The monoisotopic (exact) mass is 387 g/mol. The lowest BCUT2D eigenvalue weighted by Gasteiger charge is -2.34. The highest BCUT2D eigenvalue weighted by Crippen LogP contribution is 2.37. The number of imide groups is 1. The van der Waals surface area contributed by atoms with Gasteiger partial charge in [0.1, 0.15) is 12.1 Å². The third-order valence-electron chi connectivity index (χ3n) is 6.01. The zero-order valence-electron chi connectivity index (χ0n) is 16.0. The van der Waals surface area contributed by atoms with E-state index in [0.29, 0.717) is 30.3 Å². The van der Waals surface area contributed by atoms with E-state index in [9.17, 15) is 14.4 Å². The van der Waals surface area contributed by atoms with E-state index in [1.54, 1.807) is 12.1 Å². The van der Waals surface area contributed by atoms with Crippen LogP contribution in [0.25, 0.3) is 0 Å². The molecule has 4 rings (SSSR count). The minimum atomic E-state index is -0.819. The van der Waals surface area contributed by atoms with E-state index in [2.05, 4.69) is 17.6 Å². The molecule has 0 aromatic heterocycles. The minimum absolute atomic E-state index is 0.193. The van der Waals surface area contributed by atoms with Gasteiger partial charge >= 0.3 is 6.03 Å². The van der Waals surface area contributed by atoms with Crippen LogP contribution in [-0.2, 0) is 16.1 Å². The zero-order valence-corrected chi connectivity index (χ0v) is 16.0. The first-order valence-corrected chi connectivity index (χ1v) is 9.80. The normalized spacial score (nSPS) is 25.9. The number of ether oxygens (including phenoxy) is 2. The molecule has 3 aliphatic rings. The van der Waals surface area contributed by atoms with Gasteiger partial charge in [0, 0.05) is 6.54 Å². The lowest BCUT2D eigenvalue weighted by Crippen LogP contribution is -2.50. The number of rotatable bonds is 5. The summed E-state index contributed by atoms with van der Waals surface area (Å²) in [5.74, 6) is 1.28. The van der Waals surface area contributed by atoms with Gasteiger partial charge in [0.2, 0.25) is 12.7 Å². The number of carbonyl (C=O) groups excluding carboxylic acids is 3. The molecule has 0 atom stereocenters. The van der Waals surface area contributed by atoms with Crippen LogP contribution in [0.2, 0.25) is 0 Å². The number of nitrogens with one attached hydrogen (secondary N) is 2. The molecular weight excluding hydrogens is 362 g/mol. The Hall–Kier alpha value is -2.77. The highest BCUT2D eigenvalue weighted by atomic mass is 16.7. The molecule has 1 saturated carbocycles. The van der Waals surface area contributed by atoms with Crippen molar-refractivity contribution in [2.45, 2.75) is 51.1 Å². The van der Waals surface area contributed by atoms with Gasteiger partial charge in [-0.3, -0.25) is 14.5 Å². The quantitative estimate of drug-likeness (QED) is 0.753. The van der Waals surface area contributed by atoms with Crippen LogP contribution in [0.4, 0.5) is 4.79 Å². The van der Waals surface area contributed by atoms with E-state index in [1.165, 1.54) is 0 Å². The average Bonchev–Trinajstić information content (AvgIpc) is 3.25. The fourth-order valence-corrected chi connectivity index (χ4v) is 4.19. The van der Waals surface area contributed by atoms with E-state index >= 15 is 0 Å². The summed E-state index contributed by atoms with van der Waals surface area (Å²) in [6, 6.07) is 4.95. The summed E-state index contributed by atoms with van der Waals surface area (Å²) in [6.07, 6.45) is 4.22. The van der Waals surface area contributed by atoms with E-state index in [0.717, 1.165) is 29.7 Å². The molecule has 0 radical (unpaired) electrons. The van der Waals surface area contributed by atoms with Crippen molar-refractivity contribution in [2.24, 2.45) is 5.92 Å². The lowest BCUT2D eigenvalue weighted by atomic mass is 9.75. The summed E-state index contributed by atoms with van der Waals surface area (Å²) in [7, 11) is 0. The van der Waals surface area contributed by atoms with Crippen LogP contribution in [0.3, 0.4) is 0 Å². The Morgan fingerprint density at radius 3 is 2.75 bits per heavy atom. The topological polar surface area (TPSA) is 97.0 Å². The van der Waals surface area contributed by atoms with Crippen LogP contribution in [0.1, 0.15) is 44.6 Å². The fourth-order valence-electron chi connectivity index (χ4n) is 4.19. The Morgan fingerprint density at radius 2 is 2.00 bits per heavy atom. The largest absolute Gasteiger partial charge is 0.454 e. The summed E-state index contributed by atoms with van der Waals surface area (Å²) < 4.78 is 10.6. The third kappa shape index (κ3) is 3.39. The molecule has 1 saturated heterocycles. The summed E-state index contributed by atoms with van der Waals surface area (Å²) in [6.45, 7) is 2.35. The third-order valence-corrected chi connectivity index (χ3v) is 6.01. The molecule has 150 valence electrons. The van der Waals surface area contributed by atoms with Crippen LogP contribution in [-0.4, -0.2) is 41.6 Å². The summed E-state index contributed by atoms with van der Waals surface area (Å²) in [4.78, 5) is 38.6. The number of benzene rings is 1. The van der Waals surface area contributed by atoms with Crippen molar-refractivity contribution >= 4 is 17.8 Å². The minimum Gasteiger partial charge on any atom is -0.454 e. The SMILES string of the molecule is CCC1CCC2(CC1)NC(=O)N(CC(=O)NCc1ccc3c(c1)OCO3)C2=O. The molecule has 1 aromatic rings. The van der Waals surface area contributed by atoms with Crippen molar-refractivity contribution in [3.63, 3.8) is 0 Å². The molecule has 28 heavy (non-hydrogen) atoms. The predicted molar refractivity (Wildman–Crippen MR) is 99.6 cm³/mol. The molecule has 2 fully saturated rings. The van der Waals surface area contributed by atoms with Gasteiger partial charge in [0.15, 0.2) is 11.5 Å². The van der Waals surface area contributed by atoms with Gasteiger partial charge in [-0.25, -0.2) is 4.79 Å². The molecule has 0 bridgehead atoms. The Morgan fingerprint density at radius 1 is 1.25 bits per heavy atom. The average molecular weight is 387 g/mol. The number of nitrogens with zero attached hydrogens (tertiary/aromatic N) is 1. The molecule has 8 nitrogen and oxygen atoms in total. The van der Waals surface area contributed by atoms with E-state index in [4.69, 9.17) is 9.47 Å². The second-order valence-electron chi connectivity index (χ2n) is 7.72. The summed E-state index contributed by atoms with van der Waals surface area (Å²) in [5, 5.41) is 5.60. The first kappa shape index (κ1) is 18.6. The Bertz CT molecular complexity index is 801. The van der Waals surface area contributed by atoms with Crippen molar-refractivity contribution in [1.29, 1.82) is 0 Å². The fraction of sp³-hybridized carbons (Fsp3) is 0.550. The molecule has 2 N–H and O–H groups in total. The second-order valence-corrected chi connectivity index (χ2v) is 7.72. The molecule has 2 heterocycles. The van der Waals surface area contributed by atoms with Crippen LogP contribution in [0.5, 0.6) is 11.5 Å². The van der Waals surface area contributed by atoms with Gasteiger partial charge in [-0.05, 0) is 49.3 Å². The van der Waals surface area contributed by atoms with Crippen molar-refractivity contribution in [3.8, 4) is 11.5 Å². The highest BCUT2D eigenvalue weighted by Gasteiger charge is 2.52. The molecule has 1 spiro atoms. The van der Waals surface area contributed by atoms with Crippen LogP contribution in [0, 0.1) is 5.92 Å². The maximum absolute atomic E-state index is 12.9. The smallest absolute Gasteiger partial charge is 0.325 e. The van der Waals surface area contributed by atoms with Gasteiger partial charge < -0.3 is 20.1 Å². The first-order valence-electron chi connectivity index (χ1n) is 9.80. The van der Waals surface area contributed by atoms with Crippen molar-refractivity contribution in [2.75, 3.05) is 13.3 Å². The van der Waals surface area contributed by atoms with E-state index in [1.807, 2.05) is 6.07 Å². The van der Waals surface area contributed by atoms with Crippen LogP contribution >= 0.6 is 0 Å². The van der Waals surface area contributed by atoms with E-state index in [-0.39, 0.29) is 31.7 Å². The molecular formula is C20H25N3O5. The number of amides is 4. The maximum Gasteiger partial charge on any atom is 0.325 e. The molecule has 0 unspecified atom stereocenters. The zero-order chi connectivity index (χ0) is 19.7. The van der Waals surface area contributed by atoms with Gasteiger partial charge in [-0.1, -0.05) is 19.4 Å². The standard InChI is InChI=1S/C20H25N3O5/c1-2-13-5-7-20(8-6-13)18(25)23(19(26)22-20)11-17(24)21-10-14-3-4-15-16(9-14)28-12-27-15/h3-4,9,13H,2,5-8,10-12H2,1H3,(H,21,24)(H,22,26). The maximum atomic E-state index is 12.9. The second kappa shape index (κ2) is 7.33. The van der Waals surface area contributed by atoms with E-state index < -0.39 is 11.6 Å². The number of urea groups is 1. The lowest BCUT2D eigenvalue weighted by molar-refractivity contribution is -0.136. The van der Waals surface area contributed by atoms with Crippen molar-refractivity contribution < 1.29 is 23.9 Å². The first-order chi connectivity index (χ1) is 13.5. The Kier molecular flexibility index (Phi) is 4.87. The van der Waals surface area contributed by atoms with Crippen LogP contribution < -0.4 is 20.1 Å². The Balaban J connectivity index is 1.33. The highest BCUT2D eigenvalue weighted by molar-refractivity contribution is 6.09. The van der Waals surface area contributed by atoms with Crippen LogP contribution in [0.15, 0.2) is 18.2 Å². The summed E-state index contributed by atoms with van der Waals surface area (Å²) >= 11 is 0. The molecule has 8 heteroatoms. The van der Waals surface area contributed by atoms with Gasteiger partial charge in [0.05, 0.1) is 0 Å². The summed E-state index contributed by atoms with van der Waals surface area (Å²) in [5.41, 5.74) is 0.0320. The number of hydrogen-bond acceptors (Lipinski definition) is 5. The van der Waals surface area contributed by atoms with Gasteiger partial charge in [-0.15, -0.1) is 0 Å². The molecule has 1 aliphatic carbocycles. The molecule has 4 amide bonds. The van der Waals surface area contributed by atoms with Gasteiger partial charge in [0.25, 0.3) is 5.91 Å². The number of carbonyl (C=O) groups is 3. The number of fused-ring (bicyclic) bond motifs is 1. The molecule has 1 aromatic carbocycles. The van der Waals surface area contributed by atoms with Crippen molar-refractivity contribution in [1.82, 2.24) is 15.5 Å². The Labute approximate surface area is 163 Å². The number of hydrogen-bond donors (Lipinski definition) is 2. The predicted octanol–water partition coefficient (Wildman–Crippen LogP) is 1.92. The van der Waals surface area contributed by atoms with Gasteiger partial charge in [-0.2, -0.15) is 0 Å².